The molecule has 0 aromatic carbocycles. The molecular weight excluding hydrogens is 218 g/mol. The fourth-order valence-electron chi connectivity index (χ4n) is 2.67. The number of hydrogen-bond donors (Lipinski definition) is 0. The quantitative estimate of drug-likeness (QED) is 0.705. The number of ether oxygens (including phenoxy) is 1. The molecule has 1 aliphatic carbocycles. The van der Waals surface area contributed by atoms with E-state index in [1.165, 1.54) is 26.4 Å². The monoisotopic (exact) mass is 239 g/mol. The van der Waals surface area contributed by atoms with Crippen LogP contribution in [0, 0.1) is 5.92 Å². The second-order valence-corrected chi connectivity index (χ2v) is 5.12. The molecule has 2 aliphatic rings. The zero-order chi connectivity index (χ0) is 12.3. The van der Waals surface area contributed by atoms with Crippen molar-refractivity contribution in [1.82, 2.24) is 4.90 Å². The molecule has 0 unspecified atom stereocenters. The van der Waals surface area contributed by atoms with Crippen LogP contribution in [-0.2, 0) is 14.3 Å². The first-order chi connectivity index (χ1) is 8.22. The first kappa shape index (κ1) is 12.4. The number of carbonyl (C=O) groups is 2. The number of hydrogen-bond acceptors (Lipinski definition) is 3. The van der Waals surface area contributed by atoms with Gasteiger partial charge in [-0.05, 0) is 38.0 Å². The van der Waals surface area contributed by atoms with Gasteiger partial charge in [0.2, 0.25) is 5.91 Å². The minimum absolute atomic E-state index is 0.143. The average molecular weight is 239 g/mol. The maximum Gasteiger partial charge on any atom is 0.328 e. The van der Waals surface area contributed by atoms with Crippen LogP contribution in [-0.4, -0.2) is 36.5 Å². The molecule has 2 rings (SSSR count). The highest BCUT2D eigenvalue weighted by molar-refractivity contribution is 5.84. The SMILES string of the molecule is COC(=O)[C@H]1CCCCN1C(=O)CC1CCC1. The molecule has 1 amide bonds. The van der Waals surface area contributed by atoms with E-state index >= 15 is 0 Å². The van der Waals surface area contributed by atoms with Crippen molar-refractivity contribution >= 4 is 11.9 Å². The highest BCUT2D eigenvalue weighted by Gasteiger charge is 2.34. The molecule has 96 valence electrons. The van der Waals surface area contributed by atoms with Crippen molar-refractivity contribution in [2.45, 2.75) is 51.0 Å². The Bertz CT molecular complexity index is 299. The molecule has 1 saturated carbocycles. The Morgan fingerprint density at radius 3 is 2.53 bits per heavy atom. The van der Waals surface area contributed by atoms with Crippen molar-refractivity contribution in [2.24, 2.45) is 5.92 Å². The summed E-state index contributed by atoms with van der Waals surface area (Å²) in [6.45, 7) is 0.714. The third-order valence-electron chi connectivity index (χ3n) is 3.98. The molecule has 0 bridgehead atoms. The molecule has 4 heteroatoms. The van der Waals surface area contributed by atoms with Gasteiger partial charge in [0.05, 0.1) is 7.11 Å². The number of amides is 1. The van der Waals surface area contributed by atoms with E-state index in [0.29, 0.717) is 18.9 Å². The summed E-state index contributed by atoms with van der Waals surface area (Å²) in [5, 5.41) is 0. The number of piperidine rings is 1. The van der Waals surface area contributed by atoms with Crippen LogP contribution in [0.25, 0.3) is 0 Å². The summed E-state index contributed by atoms with van der Waals surface area (Å²) in [6.07, 6.45) is 6.97. The second-order valence-electron chi connectivity index (χ2n) is 5.12. The molecule has 1 atom stereocenters. The van der Waals surface area contributed by atoms with Crippen molar-refractivity contribution in [2.75, 3.05) is 13.7 Å². The van der Waals surface area contributed by atoms with Crippen molar-refractivity contribution in [3.05, 3.63) is 0 Å². The minimum Gasteiger partial charge on any atom is -0.467 e. The summed E-state index contributed by atoms with van der Waals surface area (Å²) in [5.74, 6) is 0.444. The first-order valence-electron chi connectivity index (χ1n) is 6.59. The van der Waals surface area contributed by atoms with Gasteiger partial charge in [-0.15, -0.1) is 0 Å². The van der Waals surface area contributed by atoms with Gasteiger partial charge < -0.3 is 9.64 Å². The molecule has 0 aromatic heterocycles. The van der Waals surface area contributed by atoms with Crippen LogP contribution in [0.5, 0.6) is 0 Å². The molecule has 17 heavy (non-hydrogen) atoms. The van der Waals surface area contributed by atoms with Crippen molar-refractivity contribution in [3.8, 4) is 0 Å². The fourth-order valence-corrected chi connectivity index (χ4v) is 2.67. The van der Waals surface area contributed by atoms with Crippen molar-refractivity contribution < 1.29 is 14.3 Å². The number of carbonyl (C=O) groups excluding carboxylic acids is 2. The minimum atomic E-state index is -0.332. The number of rotatable bonds is 3. The first-order valence-corrected chi connectivity index (χ1v) is 6.59. The molecule has 0 radical (unpaired) electrons. The third-order valence-corrected chi connectivity index (χ3v) is 3.98. The Balaban J connectivity index is 1.94. The normalized spacial score (nSPS) is 25.2. The van der Waals surface area contributed by atoms with Gasteiger partial charge in [0.1, 0.15) is 6.04 Å². The molecule has 0 aromatic rings. The predicted molar refractivity (Wildman–Crippen MR) is 63.3 cm³/mol. The lowest BCUT2D eigenvalue weighted by Gasteiger charge is -2.35. The van der Waals surface area contributed by atoms with Crippen LogP contribution in [0.1, 0.15) is 44.9 Å². The molecule has 0 spiro atoms. The maximum absolute atomic E-state index is 12.2. The van der Waals surface area contributed by atoms with E-state index in [9.17, 15) is 9.59 Å². The molecule has 1 saturated heterocycles. The lowest BCUT2D eigenvalue weighted by Crippen LogP contribution is -2.49. The zero-order valence-corrected chi connectivity index (χ0v) is 10.5. The predicted octanol–water partition coefficient (Wildman–Crippen LogP) is 1.73. The van der Waals surface area contributed by atoms with Gasteiger partial charge in [0, 0.05) is 13.0 Å². The highest BCUT2D eigenvalue weighted by atomic mass is 16.5. The van der Waals surface area contributed by atoms with Gasteiger partial charge >= 0.3 is 5.97 Å². The van der Waals surface area contributed by atoms with Gasteiger partial charge in [-0.1, -0.05) is 6.42 Å². The van der Waals surface area contributed by atoms with E-state index in [1.807, 2.05) is 0 Å². The molecule has 2 fully saturated rings. The lowest BCUT2D eigenvalue weighted by molar-refractivity contribution is -0.155. The van der Waals surface area contributed by atoms with Gasteiger partial charge in [0.25, 0.3) is 0 Å². The summed E-state index contributed by atoms with van der Waals surface area (Å²) >= 11 is 0. The van der Waals surface area contributed by atoms with E-state index in [-0.39, 0.29) is 17.9 Å². The lowest BCUT2D eigenvalue weighted by atomic mass is 9.82. The van der Waals surface area contributed by atoms with Crippen molar-refractivity contribution in [1.29, 1.82) is 0 Å². The highest BCUT2D eigenvalue weighted by Crippen LogP contribution is 2.31. The Morgan fingerprint density at radius 1 is 1.18 bits per heavy atom. The number of methoxy groups -OCH3 is 1. The van der Waals surface area contributed by atoms with Crippen molar-refractivity contribution in [3.63, 3.8) is 0 Å². The van der Waals surface area contributed by atoms with Crippen LogP contribution in [0.15, 0.2) is 0 Å². The van der Waals surface area contributed by atoms with E-state index < -0.39 is 0 Å². The Hall–Kier alpha value is -1.06. The van der Waals surface area contributed by atoms with E-state index in [0.717, 1.165) is 19.3 Å². The zero-order valence-electron chi connectivity index (χ0n) is 10.5. The largest absolute Gasteiger partial charge is 0.467 e. The number of likely N-dealkylation sites (tertiary alicyclic amines) is 1. The molecule has 4 nitrogen and oxygen atoms in total. The van der Waals surface area contributed by atoms with E-state index in [1.54, 1.807) is 4.90 Å². The topological polar surface area (TPSA) is 46.6 Å². The Morgan fingerprint density at radius 2 is 1.94 bits per heavy atom. The number of nitrogens with zero attached hydrogens (tertiary/aromatic N) is 1. The molecule has 0 N–H and O–H groups in total. The van der Waals surface area contributed by atoms with E-state index in [2.05, 4.69) is 0 Å². The number of esters is 1. The summed E-state index contributed by atoms with van der Waals surface area (Å²) < 4.78 is 4.78. The smallest absolute Gasteiger partial charge is 0.328 e. The van der Waals surface area contributed by atoms with Crippen LogP contribution in [0.3, 0.4) is 0 Å². The summed E-state index contributed by atoms with van der Waals surface area (Å²) in [5.41, 5.74) is 0. The standard InChI is InChI=1S/C13H21NO3/c1-17-13(16)11-7-2-3-8-14(11)12(15)9-10-5-4-6-10/h10-11H,2-9H2,1H3/t11-/m1/s1. The van der Waals surface area contributed by atoms with Gasteiger partial charge in [-0.3, -0.25) is 4.79 Å². The summed E-state index contributed by atoms with van der Waals surface area (Å²) in [6, 6.07) is -0.332. The summed E-state index contributed by atoms with van der Waals surface area (Å²) in [7, 11) is 1.39. The Kier molecular flexibility index (Phi) is 4.02. The maximum atomic E-state index is 12.2. The molecular formula is C13H21NO3. The van der Waals surface area contributed by atoms with Crippen LogP contribution in [0.4, 0.5) is 0 Å². The fraction of sp³-hybridized carbons (Fsp3) is 0.846. The van der Waals surface area contributed by atoms with Crippen LogP contribution in [0.2, 0.25) is 0 Å². The summed E-state index contributed by atoms with van der Waals surface area (Å²) in [4.78, 5) is 25.5. The molecule has 1 aliphatic heterocycles. The van der Waals surface area contributed by atoms with Gasteiger partial charge in [-0.25, -0.2) is 4.79 Å². The van der Waals surface area contributed by atoms with E-state index in [4.69, 9.17) is 4.74 Å². The third kappa shape index (κ3) is 2.79. The van der Waals surface area contributed by atoms with Gasteiger partial charge in [-0.2, -0.15) is 0 Å². The average Bonchev–Trinajstić information content (AvgIpc) is 2.32. The van der Waals surface area contributed by atoms with Crippen LogP contribution >= 0.6 is 0 Å². The van der Waals surface area contributed by atoms with Crippen LogP contribution < -0.4 is 0 Å². The second kappa shape index (κ2) is 5.52. The Labute approximate surface area is 102 Å². The molecule has 1 heterocycles. The van der Waals surface area contributed by atoms with Gasteiger partial charge in [0.15, 0.2) is 0 Å².